The van der Waals surface area contributed by atoms with Crippen LogP contribution < -0.4 is 4.74 Å². The van der Waals surface area contributed by atoms with Gasteiger partial charge < -0.3 is 24.0 Å². The molecule has 0 unspecified atom stereocenters. The summed E-state index contributed by atoms with van der Waals surface area (Å²) in [4.78, 5) is 18.2. The maximum atomic E-state index is 13.7. The van der Waals surface area contributed by atoms with Crippen LogP contribution in [0.1, 0.15) is 107 Å². The second-order valence-electron chi connectivity index (χ2n) is 15.5. The van der Waals surface area contributed by atoms with Gasteiger partial charge in [0.25, 0.3) is 0 Å². The third kappa shape index (κ3) is 9.63. The second-order valence-corrected chi connectivity index (χ2v) is 15.5. The highest BCUT2D eigenvalue weighted by Gasteiger charge is 2.47. The Morgan fingerprint density at radius 1 is 0.667 bits per heavy atom. The van der Waals surface area contributed by atoms with Crippen molar-refractivity contribution in [1.82, 2.24) is 9.80 Å². The van der Waals surface area contributed by atoms with E-state index in [-0.39, 0.29) is 5.97 Å². The average molecular weight is 733 g/mol. The molecule has 0 heterocycles. The molecule has 0 fully saturated rings. The molecule has 0 N–H and O–H groups in total. The smallest absolute Gasteiger partial charge is 0.341 e. The summed E-state index contributed by atoms with van der Waals surface area (Å²) in [6, 6.07) is 26.9. The number of benzene rings is 4. The van der Waals surface area contributed by atoms with Crippen molar-refractivity contribution in [2.45, 2.75) is 85.0 Å². The molecular formula is C48H64N2O4. The lowest BCUT2D eigenvalue weighted by molar-refractivity contribution is 0.0521. The molecule has 6 nitrogen and oxygen atoms in total. The topological polar surface area (TPSA) is 51.2 Å². The Morgan fingerprint density at radius 3 is 1.98 bits per heavy atom. The Labute approximate surface area is 325 Å². The zero-order valence-corrected chi connectivity index (χ0v) is 34.4. The van der Waals surface area contributed by atoms with E-state index < -0.39 is 5.41 Å². The zero-order chi connectivity index (χ0) is 38.7. The van der Waals surface area contributed by atoms with E-state index in [4.69, 9.17) is 14.2 Å². The highest BCUT2D eigenvalue weighted by molar-refractivity contribution is 5.94. The standard InChI is InChI=1S/C48H64N2O4/c1-9-25-50(8)27-30-52-28-15-12-16-38-19-20-39(33-37(38)5)48(44-31-35(3)17-22-41(44)42-23-18-36(4)32-45(42)48)40-21-24-46(43(34-40)47(51)53-10-2)54-29-14-11-13-26-49(6)7/h17-24,31-34H,9-16,25-30H2,1-8H3. The van der Waals surface area contributed by atoms with Crippen LogP contribution in [0.25, 0.3) is 11.1 Å². The third-order valence-corrected chi connectivity index (χ3v) is 10.8. The number of hydrogen-bond acceptors (Lipinski definition) is 6. The van der Waals surface area contributed by atoms with Crippen LogP contribution in [0.3, 0.4) is 0 Å². The Hall–Kier alpha value is -3.97. The predicted octanol–water partition coefficient (Wildman–Crippen LogP) is 9.94. The zero-order valence-electron chi connectivity index (χ0n) is 34.4. The van der Waals surface area contributed by atoms with Gasteiger partial charge in [0, 0.05) is 13.2 Å². The average Bonchev–Trinajstić information content (AvgIpc) is 3.42. The molecule has 0 amide bonds. The lowest BCUT2D eigenvalue weighted by atomic mass is 9.66. The van der Waals surface area contributed by atoms with Crippen molar-refractivity contribution in [3.05, 3.63) is 123 Å². The van der Waals surface area contributed by atoms with Crippen LogP contribution in [0.4, 0.5) is 0 Å². The first-order valence-corrected chi connectivity index (χ1v) is 20.3. The molecule has 1 aliphatic rings. The summed E-state index contributed by atoms with van der Waals surface area (Å²) in [5, 5.41) is 0. The number of aryl methyl sites for hydroxylation is 4. The molecule has 0 atom stereocenters. The van der Waals surface area contributed by atoms with Gasteiger partial charge in [-0.3, -0.25) is 0 Å². The molecule has 1 aliphatic carbocycles. The number of unbranched alkanes of at least 4 members (excludes halogenated alkanes) is 3. The quantitative estimate of drug-likeness (QED) is 0.0553. The Bertz CT molecular complexity index is 1800. The number of likely N-dealkylation sites (N-methyl/N-ethyl adjacent to an activating group) is 1. The van der Waals surface area contributed by atoms with Gasteiger partial charge in [0.2, 0.25) is 0 Å². The van der Waals surface area contributed by atoms with Crippen LogP contribution in [-0.2, 0) is 21.3 Å². The minimum absolute atomic E-state index is 0.297. The fraction of sp³-hybridized carbons (Fsp3) is 0.479. The van der Waals surface area contributed by atoms with Crippen molar-refractivity contribution in [2.24, 2.45) is 0 Å². The van der Waals surface area contributed by atoms with Crippen LogP contribution >= 0.6 is 0 Å². The van der Waals surface area contributed by atoms with Crippen molar-refractivity contribution in [2.75, 3.05) is 67.2 Å². The van der Waals surface area contributed by atoms with E-state index in [1.165, 1.54) is 56.5 Å². The van der Waals surface area contributed by atoms with Gasteiger partial charge in [-0.1, -0.05) is 78.7 Å². The maximum absolute atomic E-state index is 13.7. The van der Waals surface area contributed by atoms with E-state index >= 15 is 0 Å². The summed E-state index contributed by atoms with van der Waals surface area (Å²) in [6.45, 7) is 16.2. The van der Waals surface area contributed by atoms with Crippen LogP contribution in [0.5, 0.6) is 5.75 Å². The molecular weight excluding hydrogens is 669 g/mol. The van der Waals surface area contributed by atoms with E-state index in [1.807, 2.05) is 19.1 Å². The van der Waals surface area contributed by atoms with E-state index in [0.29, 0.717) is 24.5 Å². The molecule has 0 radical (unpaired) electrons. The monoisotopic (exact) mass is 732 g/mol. The molecule has 0 saturated heterocycles. The van der Waals surface area contributed by atoms with Gasteiger partial charge in [-0.25, -0.2) is 4.79 Å². The minimum Gasteiger partial charge on any atom is -0.493 e. The lowest BCUT2D eigenvalue weighted by Crippen LogP contribution is -2.29. The molecule has 4 aromatic rings. The Morgan fingerprint density at radius 2 is 1.33 bits per heavy atom. The first-order valence-electron chi connectivity index (χ1n) is 20.3. The number of fused-ring (bicyclic) bond motifs is 3. The summed E-state index contributed by atoms with van der Waals surface area (Å²) in [7, 11) is 6.36. The molecule has 54 heavy (non-hydrogen) atoms. The lowest BCUT2D eigenvalue weighted by Gasteiger charge is -2.35. The molecule has 0 aliphatic heterocycles. The van der Waals surface area contributed by atoms with Crippen molar-refractivity contribution >= 4 is 5.97 Å². The fourth-order valence-electron chi connectivity index (χ4n) is 8.03. The maximum Gasteiger partial charge on any atom is 0.341 e. The van der Waals surface area contributed by atoms with Crippen molar-refractivity contribution < 1.29 is 19.0 Å². The van der Waals surface area contributed by atoms with E-state index in [0.717, 1.165) is 76.9 Å². The summed E-state index contributed by atoms with van der Waals surface area (Å²) >= 11 is 0. The summed E-state index contributed by atoms with van der Waals surface area (Å²) in [5.74, 6) is 0.225. The van der Waals surface area contributed by atoms with E-state index in [9.17, 15) is 4.79 Å². The molecule has 0 saturated carbocycles. The molecule has 6 heteroatoms. The number of esters is 1. The summed E-state index contributed by atoms with van der Waals surface area (Å²) < 4.78 is 18.0. The molecule has 4 aromatic carbocycles. The predicted molar refractivity (Wildman–Crippen MR) is 223 cm³/mol. The number of rotatable bonds is 21. The van der Waals surface area contributed by atoms with Gasteiger partial charge >= 0.3 is 5.97 Å². The number of nitrogens with zero attached hydrogens (tertiary/aromatic N) is 2. The first kappa shape index (κ1) is 41.2. The van der Waals surface area contributed by atoms with Gasteiger partial charge in [0.05, 0.1) is 25.2 Å². The van der Waals surface area contributed by atoms with Gasteiger partial charge in [0.1, 0.15) is 11.3 Å². The molecule has 0 bridgehead atoms. The van der Waals surface area contributed by atoms with E-state index in [1.54, 1.807) is 0 Å². The number of hydrogen-bond donors (Lipinski definition) is 0. The Balaban J connectivity index is 1.51. The molecule has 5 rings (SSSR count). The Kier molecular flexibility index (Phi) is 14.9. The number of ether oxygens (including phenoxy) is 3. The normalized spacial score (nSPS) is 13.0. The molecule has 0 aromatic heterocycles. The number of carbonyl (C=O) groups excluding carboxylic acids is 1. The first-order chi connectivity index (χ1) is 26.1. The molecule has 290 valence electrons. The van der Waals surface area contributed by atoms with Crippen molar-refractivity contribution in [3.8, 4) is 16.9 Å². The van der Waals surface area contributed by atoms with Gasteiger partial charge in [-0.15, -0.1) is 0 Å². The van der Waals surface area contributed by atoms with Gasteiger partial charge in [0.15, 0.2) is 0 Å². The second kappa shape index (κ2) is 19.6. The van der Waals surface area contributed by atoms with Crippen molar-refractivity contribution in [1.29, 1.82) is 0 Å². The fourth-order valence-corrected chi connectivity index (χ4v) is 8.03. The summed E-state index contributed by atoms with van der Waals surface area (Å²) in [5.41, 5.74) is 12.1. The highest BCUT2D eigenvalue weighted by atomic mass is 16.5. The molecule has 0 spiro atoms. The van der Waals surface area contributed by atoms with Gasteiger partial charge in [-0.2, -0.15) is 0 Å². The van der Waals surface area contributed by atoms with Crippen LogP contribution in [0.15, 0.2) is 72.8 Å². The largest absolute Gasteiger partial charge is 0.493 e. The SMILES string of the molecule is CCCN(C)CCOCCCCc1ccc(C2(c3ccc(OCCCCCN(C)C)c(C(=O)OCC)c3)c3cc(C)ccc3-c3ccc(C)cc32)cc1C. The summed E-state index contributed by atoms with van der Waals surface area (Å²) in [6.07, 6.45) is 7.42. The minimum atomic E-state index is -0.642. The van der Waals surface area contributed by atoms with E-state index in [2.05, 4.69) is 119 Å². The van der Waals surface area contributed by atoms with Crippen molar-refractivity contribution in [3.63, 3.8) is 0 Å². The van der Waals surface area contributed by atoms with Crippen LogP contribution in [0.2, 0.25) is 0 Å². The van der Waals surface area contributed by atoms with Crippen LogP contribution in [0, 0.1) is 20.8 Å². The van der Waals surface area contributed by atoms with Gasteiger partial charge in [-0.05, 0) is 164 Å². The number of carbonyl (C=O) groups is 1. The van der Waals surface area contributed by atoms with Crippen LogP contribution in [-0.4, -0.2) is 83.0 Å². The highest BCUT2D eigenvalue weighted by Crippen LogP contribution is 2.57. The third-order valence-electron chi connectivity index (χ3n) is 10.8.